The lowest BCUT2D eigenvalue weighted by Gasteiger charge is -2.28. The highest BCUT2D eigenvalue weighted by atomic mass is 32.2. The first-order chi connectivity index (χ1) is 12.1. The van der Waals surface area contributed by atoms with E-state index in [9.17, 15) is 9.59 Å². The quantitative estimate of drug-likeness (QED) is 0.914. The van der Waals surface area contributed by atoms with Gasteiger partial charge in [-0.3, -0.25) is 9.59 Å². The Balaban J connectivity index is 1.75. The zero-order valence-corrected chi connectivity index (χ0v) is 15.2. The molecule has 0 saturated carbocycles. The largest absolute Gasteiger partial charge is 0.348 e. The van der Waals surface area contributed by atoms with Crippen molar-refractivity contribution in [3.05, 3.63) is 71.8 Å². The summed E-state index contributed by atoms with van der Waals surface area (Å²) in [6.45, 7) is 3.49. The lowest BCUT2D eigenvalue weighted by Crippen LogP contribution is -2.47. The van der Waals surface area contributed by atoms with Crippen molar-refractivity contribution in [2.75, 3.05) is 5.75 Å². The third kappa shape index (κ3) is 3.87. The first kappa shape index (κ1) is 17.5. The normalized spacial score (nSPS) is 21.0. The molecule has 0 aromatic heterocycles. The van der Waals surface area contributed by atoms with E-state index in [1.807, 2.05) is 67.6 Å². The summed E-state index contributed by atoms with van der Waals surface area (Å²) in [6.07, 6.45) is 0. The van der Waals surface area contributed by atoms with Gasteiger partial charge in [-0.2, -0.15) is 0 Å². The molecule has 0 bridgehead atoms. The Morgan fingerprint density at radius 1 is 1.08 bits per heavy atom. The van der Waals surface area contributed by atoms with Crippen LogP contribution in [-0.2, 0) is 9.59 Å². The summed E-state index contributed by atoms with van der Waals surface area (Å²) in [7, 11) is 0. The number of amides is 2. The highest BCUT2D eigenvalue weighted by molar-refractivity contribution is 7.99. The maximum absolute atomic E-state index is 12.8. The Bertz CT molecular complexity index is 736. The monoisotopic (exact) mass is 354 g/mol. The molecule has 3 rings (SSSR count). The van der Waals surface area contributed by atoms with Gasteiger partial charge in [-0.05, 0) is 18.1 Å². The molecule has 1 fully saturated rings. The van der Waals surface area contributed by atoms with E-state index >= 15 is 0 Å². The molecule has 0 unspecified atom stereocenters. The van der Waals surface area contributed by atoms with E-state index in [2.05, 4.69) is 5.32 Å². The number of carbonyl (C=O) groups excluding carboxylic acids is 2. The van der Waals surface area contributed by atoms with Crippen LogP contribution < -0.4 is 5.32 Å². The SMILES string of the molecule is CC(=O)N1[C@@H](C(=O)N[C@@H](C)c2ccccc2)CS[C@@H]1c1ccccc1. The highest BCUT2D eigenvalue weighted by Crippen LogP contribution is 2.41. The molecule has 2 aromatic rings. The number of hydrogen-bond donors (Lipinski definition) is 1. The van der Waals surface area contributed by atoms with Crippen LogP contribution in [-0.4, -0.2) is 28.5 Å². The first-order valence-corrected chi connectivity index (χ1v) is 9.43. The summed E-state index contributed by atoms with van der Waals surface area (Å²) in [5.74, 6) is 0.427. The van der Waals surface area contributed by atoms with Gasteiger partial charge in [0, 0.05) is 12.7 Å². The summed E-state index contributed by atoms with van der Waals surface area (Å²) in [5, 5.41) is 2.94. The van der Waals surface area contributed by atoms with Crippen LogP contribution in [0.3, 0.4) is 0 Å². The van der Waals surface area contributed by atoms with Crippen molar-refractivity contribution in [1.82, 2.24) is 10.2 Å². The number of nitrogens with zero attached hydrogens (tertiary/aromatic N) is 1. The second-order valence-corrected chi connectivity index (χ2v) is 7.29. The molecular formula is C20H22N2O2S. The zero-order valence-electron chi connectivity index (χ0n) is 14.4. The molecule has 5 heteroatoms. The predicted molar refractivity (Wildman–Crippen MR) is 101 cm³/mol. The van der Waals surface area contributed by atoms with Gasteiger partial charge in [-0.25, -0.2) is 0 Å². The number of benzene rings is 2. The fraction of sp³-hybridized carbons (Fsp3) is 0.300. The van der Waals surface area contributed by atoms with E-state index in [1.54, 1.807) is 16.7 Å². The van der Waals surface area contributed by atoms with Crippen molar-refractivity contribution in [2.45, 2.75) is 31.3 Å². The summed E-state index contributed by atoms with van der Waals surface area (Å²) in [5.41, 5.74) is 2.10. The smallest absolute Gasteiger partial charge is 0.244 e. The highest BCUT2D eigenvalue weighted by Gasteiger charge is 2.41. The molecule has 2 aromatic carbocycles. The molecule has 25 heavy (non-hydrogen) atoms. The van der Waals surface area contributed by atoms with Gasteiger partial charge >= 0.3 is 0 Å². The van der Waals surface area contributed by atoms with Crippen LogP contribution in [0.4, 0.5) is 0 Å². The van der Waals surface area contributed by atoms with Gasteiger partial charge in [0.05, 0.1) is 6.04 Å². The molecule has 0 aliphatic carbocycles. The summed E-state index contributed by atoms with van der Waals surface area (Å²) in [4.78, 5) is 26.7. The number of carbonyl (C=O) groups is 2. The summed E-state index contributed by atoms with van der Waals surface area (Å²) in [6, 6.07) is 19.2. The first-order valence-electron chi connectivity index (χ1n) is 8.38. The van der Waals surface area contributed by atoms with Crippen molar-refractivity contribution >= 4 is 23.6 Å². The Morgan fingerprint density at radius 2 is 1.68 bits per heavy atom. The standard InChI is InChI=1S/C20H22N2O2S/c1-14(16-9-5-3-6-10-16)21-19(24)18-13-25-20(22(18)15(2)23)17-11-7-4-8-12-17/h3-12,14,18,20H,13H2,1-2H3,(H,21,24)/t14-,18+,20+/m0/s1. The minimum Gasteiger partial charge on any atom is -0.348 e. The molecule has 1 aliphatic rings. The molecular weight excluding hydrogens is 332 g/mol. The number of rotatable bonds is 4. The molecule has 0 radical (unpaired) electrons. The van der Waals surface area contributed by atoms with E-state index < -0.39 is 6.04 Å². The lowest BCUT2D eigenvalue weighted by molar-refractivity contribution is -0.138. The maximum atomic E-state index is 12.8. The van der Waals surface area contributed by atoms with Crippen LogP contribution >= 0.6 is 11.8 Å². The van der Waals surface area contributed by atoms with Gasteiger partial charge in [0.1, 0.15) is 11.4 Å². The second kappa shape index (κ2) is 7.74. The molecule has 130 valence electrons. The average Bonchev–Trinajstić information content (AvgIpc) is 3.08. The van der Waals surface area contributed by atoms with Crippen LogP contribution in [0.2, 0.25) is 0 Å². The maximum Gasteiger partial charge on any atom is 0.244 e. The van der Waals surface area contributed by atoms with E-state index in [0.29, 0.717) is 5.75 Å². The second-order valence-electron chi connectivity index (χ2n) is 6.18. The summed E-state index contributed by atoms with van der Waals surface area (Å²) >= 11 is 1.64. The van der Waals surface area contributed by atoms with E-state index in [-0.39, 0.29) is 23.2 Å². The minimum atomic E-state index is -0.445. The predicted octanol–water partition coefficient (Wildman–Crippen LogP) is 3.53. The number of nitrogens with one attached hydrogen (secondary N) is 1. The van der Waals surface area contributed by atoms with Crippen molar-refractivity contribution in [3.8, 4) is 0 Å². The van der Waals surface area contributed by atoms with Gasteiger partial charge in [0.2, 0.25) is 11.8 Å². The Hall–Kier alpha value is -2.27. The van der Waals surface area contributed by atoms with Gasteiger partial charge in [0.25, 0.3) is 0 Å². The molecule has 2 amide bonds. The Morgan fingerprint density at radius 3 is 2.28 bits per heavy atom. The van der Waals surface area contributed by atoms with Crippen molar-refractivity contribution in [1.29, 1.82) is 0 Å². The third-order valence-corrected chi connectivity index (χ3v) is 5.73. The van der Waals surface area contributed by atoms with Gasteiger partial charge in [0.15, 0.2) is 0 Å². The molecule has 1 aliphatic heterocycles. The van der Waals surface area contributed by atoms with Crippen molar-refractivity contribution in [2.24, 2.45) is 0 Å². The van der Waals surface area contributed by atoms with Crippen LogP contribution in [0.1, 0.15) is 36.4 Å². The molecule has 1 heterocycles. The minimum absolute atomic E-state index is 0.0774. The molecule has 0 spiro atoms. The molecule has 1 saturated heterocycles. The van der Waals surface area contributed by atoms with Crippen LogP contribution in [0.5, 0.6) is 0 Å². The van der Waals surface area contributed by atoms with Crippen LogP contribution in [0.25, 0.3) is 0 Å². The van der Waals surface area contributed by atoms with Crippen molar-refractivity contribution in [3.63, 3.8) is 0 Å². The fourth-order valence-corrected chi connectivity index (χ4v) is 4.58. The van der Waals surface area contributed by atoms with Gasteiger partial charge < -0.3 is 10.2 Å². The Labute approximate surface area is 152 Å². The topological polar surface area (TPSA) is 49.4 Å². The fourth-order valence-electron chi connectivity index (χ4n) is 3.10. The lowest BCUT2D eigenvalue weighted by atomic mass is 10.1. The van der Waals surface area contributed by atoms with E-state index in [0.717, 1.165) is 11.1 Å². The number of hydrogen-bond acceptors (Lipinski definition) is 3. The molecule has 1 N–H and O–H groups in total. The third-order valence-electron chi connectivity index (χ3n) is 4.41. The van der Waals surface area contributed by atoms with Crippen LogP contribution in [0, 0.1) is 0 Å². The summed E-state index contributed by atoms with van der Waals surface area (Å²) < 4.78 is 0. The average molecular weight is 354 g/mol. The Kier molecular flexibility index (Phi) is 5.43. The molecule has 4 nitrogen and oxygen atoms in total. The van der Waals surface area contributed by atoms with Gasteiger partial charge in [-0.1, -0.05) is 60.7 Å². The van der Waals surface area contributed by atoms with E-state index in [1.165, 1.54) is 6.92 Å². The van der Waals surface area contributed by atoms with Crippen LogP contribution in [0.15, 0.2) is 60.7 Å². The zero-order chi connectivity index (χ0) is 17.8. The van der Waals surface area contributed by atoms with Gasteiger partial charge in [-0.15, -0.1) is 11.8 Å². The molecule has 3 atom stereocenters. The van der Waals surface area contributed by atoms with E-state index in [4.69, 9.17) is 0 Å². The van der Waals surface area contributed by atoms with Crippen molar-refractivity contribution < 1.29 is 9.59 Å². The number of thioether (sulfide) groups is 1.